The quantitative estimate of drug-likeness (QED) is 0.525. The third-order valence-electron chi connectivity index (χ3n) is 6.33. The van der Waals surface area contributed by atoms with Crippen LogP contribution in [0.15, 0.2) is 30.5 Å². The van der Waals surface area contributed by atoms with Crippen LogP contribution < -0.4 is 15.5 Å². The summed E-state index contributed by atoms with van der Waals surface area (Å²) in [7, 11) is 1.66. The van der Waals surface area contributed by atoms with Crippen molar-refractivity contribution < 1.29 is 4.79 Å². The number of hydrogen-bond donors (Lipinski definition) is 2. The van der Waals surface area contributed by atoms with E-state index in [0.717, 1.165) is 40.8 Å². The average Bonchev–Trinajstić information content (AvgIpc) is 3.10. The fourth-order valence-corrected chi connectivity index (χ4v) is 4.81. The minimum Gasteiger partial charge on any atom is -0.368 e. The van der Waals surface area contributed by atoms with Crippen molar-refractivity contribution in [2.24, 2.45) is 0 Å². The van der Waals surface area contributed by atoms with Crippen LogP contribution in [0, 0.1) is 13.8 Å². The van der Waals surface area contributed by atoms with Gasteiger partial charge in [-0.3, -0.25) is 9.20 Å². The lowest BCUT2D eigenvalue weighted by molar-refractivity contribution is 0.0964. The van der Waals surface area contributed by atoms with Gasteiger partial charge in [0.1, 0.15) is 5.65 Å². The molecule has 4 heterocycles. The minimum absolute atomic E-state index is 0.146. The van der Waals surface area contributed by atoms with Crippen molar-refractivity contribution in [3.05, 3.63) is 47.2 Å². The molecule has 0 radical (unpaired) electrons. The summed E-state index contributed by atoms with van der Waals surface area (Å²) < 4.78 is 2.04. The second-order valence-corrected chi connectivity index (χ2v) is 8.77. The van der Waals surface area contributed by atoms with E-state index in [1.807, 2.05) is 16.7 Å². The molecule has 0 saturated carbocycles. The van der Waals surface area contributed by atoms with E-state index in [-0.39, 0.29) is 5.91 Å². The van der Waals surface area contributed by atoms with Crippen molar-refractivity contribution in [2.75, 3.05) is 25.0 Å². The molecule has 1 saturated heterocycles. The topological polar surface area (TPSA) is 74.6 Å². The number of nitrogens with one attached hydrogen (secondary N) is 2. The van der Waals surface area contributed by atoms with Gasteiger partial charge in [-0.25, -0.2) is 9.97 Å². The zero-order valence-corrected chi connectivity index (χ0v) is 18.7. The molecule has 1 aliphatic rings. The predicted molar refractivity (Wildman–Crippen MR) is 125 cm³/mol. The molecule has 4 aromatic rings. The maximum absolute atomic E-state index is 12.9. The molecule has 1 aliphatic heterocycles. The highest BCUT2D eigenvalue weighted by atomic mass is 16.1. The molecular formula is C24H28N6O. The Balaban J connectivity index is 1.88. The molecule has 31 heavy (non-hydrogen) atoms. The van der Waals surface area contributed by atoms with Crippen LogP contribution >= 0.6 is 0 Å². The van der Waals surface area contributed by atoms with E-state index < -0.39 is 0 Å². The lowest BCUT2D eigenvalue weighted by Gasteiger charge is -2.38. The third kappa shape index (κ3) is 3.11. The Labute approximate surface area is 181 Å². The summed E-state index contributed by atoms with van der Waals surface area (Å²) in [4.78, 5) is 24.9. The minimum atomic E-state index is -0.146. The highest BCUT2D eigenvalue weighted by Crippen LogP contribution is 2.32. The average molecular weight is 417 g/mol. The fraction of sp³-hybridized carbons (Fsp3) is 0.375. The number of anilines is 1. The highest BCUT2D eigenvalue weighted by molar-refractivity contribution is 6.07. The number of pyridine rings is 2. The first kappa shape index (κ1) is 19.8. The predicted octanol–water partition coefficient (Wildman–Crippen LogP) is 3.20. The van der Waals surface area contributed by atoms with Crippen LogP contribution in [-0.4, -0.2) is 52.5 Å². The van der Waals surface area contributed by atoms with Gasteiger partial charge in [0.25, 0.3) is 5.91 Å². The maximum Gasteiger partial charge on any atom is 0.254 e. The summed E-state index contributed by atoms with van der Waals surface area (Å²) in [5, 5.41) is 7.34. The van der Waals surface area contributed by atoms with Crippen molar-refractivity contribution in [1.29, 1.82) is 0 Å². The van der Waals surface area contributed by atoms with Crippen LogP contribution in [0.3, 0.4) is 0 Å². The van der Waals surface area contributed by atoms with E-state index in [0.29, 0.717) is 23.3 Å². The van der Waals surface area contributed by atoms with Crippen molar-refractivity contribution >= 4 is 39.3 Å². The summed E-state index contributed by atoms with van der Waals surface area (Å²) in [5.74, 6) is -0.146. The summed E-state index contributed by atoms with van der Waals surface area (Å²) in [6.45, 7) is 10.4. The summed E-state index contributed by atoms with van der Waals surface area (Å²) >= 11 is 0. The molecule has 0 aliphatic carbocycles. The Hall–Kier alpha value is -3.19. The van der Waals surface area contributed by atoms with Gasteiger partial charge in [-0.2, -0.15) is 0 Å². The number of aromatic nitrogens is 3. The number of aryl methyl sites for hydroxylation is 2. The molecule has 160 valence electrons. The Kier molecular flexibility index (Phi) is 4.59. The number of amides is 1. The Morgan fingerprint density at radius 1 is 1.10 bits per heavy atom. The number of hydrogen-bond acceptors (Lipinski definition) is 5. The van der Waals surface area contributed by atoms with Gasteiger partial charge in [-0.1, -0.05) is 0 Å². The first-order valence-electron chi connectivity index (χ1n) is 10.8. The number of benzene rings is 1. The van der Waals surface area contributed by atoms with E-state index in [9.17, 15) is 4.79 Å². The van der Waals surface area contributed by atoms with Gasteiger partial charge >= 0.3 is 0 Å². The van der Waals surface area contributed by atoms with Crippen LogP contribution in [0.2, 0.25) is 0 Å². The maximum atomic E-state index is 12.9. The van der Waals surface area contributed by atoms with Crippen LogP contribution in [0.1, 0.15) is 35.3 Å². The lowest BCUT2D eigenvalue weighted by atomic mass is 10.1. The molecule has 3 aromatic heterocycles. The standard InChI is InChI=1S/C24H28N6O/c1-13-8-19-21(9-14(13)2)30-22-17(10-18(23(30)28-19)24(31)25-5)20(6-7-26-22)29-11-15(3)27-16(4)12-29/h6-10,15-16,27H,11-12H2,1-5H3,(H,25,31). The normalized spacial score (nSPS) is 19.5. The Morgan fingerprint density at radius 3 is 2.52 bits per heavy atom. The van der Waals surface area contributed by atoms with E-state index in [1.165, 1.54) is 11.1 Å². The molecule has 0 spiro atoms. The van der Waals surface area contributed by atoms with E-state index in [4.69, 9.17) is 9.97 Å². The zero-order valence-electron chi connectivity index (χ0n) is 18.7. The van der Waals surface area contributed by atoms with Gasteiger partial charge in [-0.05, 0) is 63.1 Å². The molecule has 7 heteroatoms. The first-order chi connectivity index (χ1) is 14.9. The summed E-state index contributed by atoms with van der Waals surface area (Å²) in [5.41, 5.74) is 7.34. The smallest absolute Gasteiger partial charge is 0.254 e. The van der Waals surface area contributed by atoms with E-state index >= 15 is 0 Å². The number of nitrogens with zero attached hydrogens (tertiary/aromatic N) is 4. The summed E-state index contributed by atoms with van der Waals surface area (Å²) in [6.07, 6.45) is 1.86. The molecule has 0 bridgehead atoms. The van der Waals surface area contributed by atoms with Crippen LogP contribution in [-0.2, 0) is 0 Å². The molecule has 2 unspecified atom stereocenters. The second-order valence-electron chi connectivity index (χ2n) is 8.77. The number of piperazine rings is 1. The SMILES string of the molecule is CNC(=O)c1cc2c(N3CC(C)NC(C)C3)ccnc2n2c1nc1cc(C)c(C)cc12. The highest BCUT2D eigenvalue weighted by Gasteiger charge is 2.25. The molecule has 2 N–H and O–H groups in total. The third-order valence-corrected chi connectivity index (χ3v) is 6.33. The van der Waals surface area contributed by atoms with Gasteiger partial charge in [0.15, 0.2) is 5.65 Å². The molecule has 1 amide bonds. The van der Waals surface area contributed by atoms with Gasteiger partial charge in [0.2, 0.25) is 0 Å². The van der Waals surface area contributed by atoms with E-state index in [2.05, 4.69) is 61.4 Å². The molecular weight excluding hydrogens is 388 g/mol. The number of fused-ring (bicyclic) bond motifs is 5. The van der Waals surface area contributed by atoms with Gasteiger partial charge < -0.3 is 15.5 Å². The lowest BCUT2D eigenvalue weighted by Crippen LogP contribution is -2.54. The number of carbonyl (C=O) groups excluding carboxylic acids is 1. The number of rotatable bonds is 2. The van der Waals surface area contributed by atoms with Crippen molar-refractivity contribution in [3.8, 4) is 0 Å². The van der Waals surface area contributed by atoms with Crippen molar-refractivity contribution in [2.45, 2.75) is 39.8 Å². The van der Waals surface area contributed by atoms with Gasteiger partial charge in [0, 0.05) is 49.5 Å². The van der Waals surface area contributed by atoms with Crippen molar-refractivity contribution in [3.63, 3.8) is 0 Å². The largest absolute Gasteiger partial charge is 0.368 e. The van der Waals surface area contributed by atoms with Crippen LogP contribution in [0.5, 0.6) is 0 Å². The first-order valence-corrected chi connectivity index (χ1v) is 10.8. The van der Waals surface area contributed by atoms with Crippen LogP contribution in [0.25, 0.3) is 27.7 Å². The zero-order chi connectivity index (χ0) is 21.9. The fourth-order valence-electron chi connectivity index (χ4n) is 4.81. The van der Waals surface area contributed by atoms with Gasteiger partial charge in [0.05, 0.1) is 16.6 Å². The van der Waals surface area contributed by atoms with E-state index in [1.54, 1.807) is 7.05 Å². The van der Waals surface area contributed by atoms with Crippen LogP contribution in [0.4, 0.5) is 5.69 Å². The Bertz CT molecular complexity index is 1330. The summed E-state index contributed by atoms with van der Waals surface area (Å²) in [6, 6.07) is 9.00. The molecule has 2 atom stereocenters. The molecule has 1 fully saturated rings. The van der Waals surface area contributed by atoms with Crippen molar-refractivity contribution in [1.82, 2.24) is 25.0 Å². The monoisotopic (exact) mass is 416 g/mol. The second kappa shape index (κ2) is 7.20. The molecule has 5 rings (SSSR count). The molecule has 1 aromatic carbocycles. The number of carbonyl (C=O) groups is 1. The Morgan fingerprint density at radius 2 is 1.81 bits per heavy atom. The molecule has 7 nitrogen and oxygen atoms in total. The number of imidazole rings is 1. The van der Waals surface area contributed by atoms with Gasteiger partial charge in [-0.15, -0.1) is 0 Å².